The molecule has 2 rings (SSSR count). The summed E-state index contributed by atoms with van der Waals surface area (Å²) >= 11 is 6.10. The molecule has 0 aliphatic rings. The Morgan fingerprint density at radius 2 is 1.88 bits per heavy atom. The number of halogens is 1. The monoisotopic (exact) mass is 359 g/mol. The van der Waals surface area contributed by atoms with Gasteiger partial charge in [0.1, 0.15) is 0 Å². The van der Waals surface area contributed by atoms with E-state index in [2.05, 4.69) is 5.32 Å². The van der Waals surface area contributed by atoms with Crippen LogP contribution in [-0.2, 0) is 4.79 Å². The highest BCUT2D eigenvalue weighted by molar-refractivity contribution is 6.32. The second-order valence-electron chi connectivity index (χ2n) is 5.84. The normalized spacial score (nSPS) is 10.4. The molecule has 0 unspecified atom stereocenters. The van der Waals surface area contributed by atoms with E-state index in [9.17, 15) is 9.59 Å². The summed E-state index contributed by atoms with van der Waals surface area (Å²) in [6.07, 6.45) is 0.255. The fourth-order valence-electron chi connectivity index (χ4n) is 2.51. The first kappa shape index (κ1) is 19.0. The number of ketones is 1. The first-order valence-electron chi connectivity index (χ1n) is 8.24. The van der Waals surface area contributed by atoms with E-state index in [1.807, 2.05) is 39.0 Å². The van der Waals surface area contributed by atoms with Gasteiger partial charge >= 0.3 is 0 Å². The highest BCUT2D eigenvalue weighted by Gasteiger charge is 2.14. The molecule has 25 heavy (non-hydrogen) atoms. The summed E-state index contributed by atoms with van der Waals surface area (Å²) in [4.78, 5) is 24.6. The molecule has 0 aromatic heterocycles. The van der Waals surface area contributed by atoms with Crippen LogP contribution >= 0.6 is 11.6 Å². The van der Waals surface area contributed by atoms with Gasteiger partial charge in [-0.3, -0.25) is 9.59 Å². The lowest BCUT2D eigenvalue weighted by atomic mass is 9.99. The maximum atomic E-state index is 12.4. The van der Waals surface area contributed by atoms with Gasteiger partial charge in [0, 0.05) is 18.4 Å². The molecule has 0 spiro atoms. The first-order valence-corrected chi connectivity index (χ1v) is 8.61. The fourth-order valence-corrected chi connectivity index (χ4v) is 2.74. The predicted octanol–water partition coefficient (Wildman–Crippen LogP) is 4.96. The van der Waals surface area contributed by atoms with E-state index in [0.717, 1.165) is 11.1 Å². The van der Waals surface area contributed by atoms with Gasteiger partial charge in [-0.15, -0.1) is 0 Å². The Bertz CT molecular complexity index is 787. The van der Waals surface area contributed by atoms with Gasteiger partial charge in [0.2, 0.25) is 5.91 Å². The van der Waals surface area contributed by atoms with E-state index in [-0.39, 0.29) is 24.5 Å². The summed E-state index contributed by atoms with van der Waals surface area (Å²) in [5, 5.41) is 3.20. The van der Waals surface area contributed by atoms with E-state index in [4.69, 9.17) is 16.3 Å². The van der Waals surface area contributed by atoms with Crippen molar-refractivity contribution in [3.63, 3.8) is 0 Å². The number of rotatable bonds is 7. The number of ether oxygens (including phenoxy) is 1. The number of amides is 1. The summed E-state index contributed by atoms with van der Waals surface area (Å²) in [7, 11) is 0. The Labute approximate surface area is 153 Å². The Balaban J connectivity index is 2.01. The van der Waals surface area contributed by atoms with Crippen LogP contribution in [0.15, 0.2) is 36.4 Å². The molecule has 2 aromatic rings. The minimum absolute atomic E-state index is 0.0347. The average Bonchev–Trinajstić information content (AvgIpc) is 2.58. The predicted molar refractivity (Wildman–Crippen MR) is 101 cm³/mol. The minimum Gasteiger partial charge on any atom is -0.490 e. The summed E-state index contributed by atoms with van der Waals surface area (Å²) in [5.41, 5.74) is 3.13. The van der Waals surface area contributed by atoms with Crippen LogP contribution in [0.3, 0.4) is 0 Å². The Hall–Kier alpha value is -2.33. The van der Waals surface area contributed by atoms with Gasteiger partial charge in [-0.25, -0.2) is 0 Å². The number of hydrogen-bond acceptors (Lipinski definition) is 3. The average molecular weight is 360 g/mol. The zero-order chi connectivity index (χ0) is 18.4. The number of carbonyl (C=O) groups excluding carboxylic acids is 2. The van der Waals surface area contributed by atoms with Crippen LogP contribution < -0.4 is 10.1 Å². The number of nitrogens with one attached hydrogen (secondary N) is 1. The molecular formula is C20H22ClNO3. The van der Waals surface area contributed by atoms with E-state index < -0.39 is 0 Å². The molecule has 0 bridgehead atoms. The lowest BCUT2D eigenvalue weighted by Crippen LogP contribution is -2.15. The molecule has 0 saturated heterocycles. The number of para-hydroxylation sites is 1. The van der Waals surface area contributed by atoms with E-state index in [1.54, 1.807) is 18.2 Å². The standard InChI is InChI=1S/C20H22ClNO3/c1-4-25-20-16(21)6-5-7-17(20)22-19(24)11-10-18(23)15-12-13(2)8-9-14(15)3/h5-9,12H,4,10-11H2,1-3H3,(H,22,24). The zero-order valence-electron chi connectivity index (χ0n) is 14.7. The van der Waals surface area contributed by atoms with Crippen molar-refractivity contribution in [2.75, 3.05) is 11.9 Å². The lowest BCUT2D eigenvalue weighted by molar-refractivity contribution is -0.116. The molecule has 5 heteroatoms. The summed E-state index contributed by atoms with van der Waals surface area (Å²) in [6.45, 7) is 6.12. The molecule has 0 heterocycles. The van der Waals surface area contributed by atoms with Gasteiger partial charge in [0.25, 0.3) is 0 Å². The SMILES string of the molecule is CCOc1c(Cl)cccc1NC(=O)CCC(=O)c1cc(C)ccc1C. The van der Waals surface area contributed by atoms with E-state index in [1.165, 1.54) is 0 Å². The summed E-state index contributed by atoms with van der Waals surface area (Å²) < 4.78 is 5.48. The quantitative estimate of drug-likeness (QED) is 0.711. The highest BCUT2D eigenvalue weighted by Crippen LogP contribution is 2.33. The van der Waals surface area contributed by atoms with Crippen LogP contribution in [0.25, 0.3) is 0 Å². The smallest absolute Gasteiger partial charge is 0.224 e. The lowest BCUT2D eigenvalue weighted by Gasteiger charge is -2.13. The summed E-state index contributed by atoms with van der Waals surface area (Å²) in [6, 6.07) is 10.9. The van der Waals surface area contributed by atoms with Gasteiger partial charge in [-0.2, -0.15) is 0 Å². The number of aryl methyl sites for hydroxylation is 2. The van der Waals surface area contributed by atoms with Crippen LogP contribution in [0.1, 0.15) is 41.3 Å². The second kappa shape index (κ2) is 8.67. The number of hydrogen-bond donors (Lipinski definition) is 1. The van der Waals surface area contributed by atoms with Gasteiger partial charge in [-0.05, 0) is 44.5 Å². The van der Waals surface area contributed by atoms with Gasteiger partial charge < -0.3 is 10.1 Å². The van der Waals surface area contributed by atoms with Gasteiger partial charge in [-0.1, -0.05) is 35.4 Å². The molecule has 1 amide bonds. The Kier molecular flexibility index (Phi) is 6.59. The van der Waals surface area contributed by atoms with Crippen molar-refractivity contribution in [2.45, 2.75) is 33.6 Å². The third-order valence-electron chi connectivity index (χ3n) is 3.80. The van der Waals surface area contributed by atoms with Crippen molar-refractivity contribution in [1.82, 2.24) is 0 Å². The zero-order valence-corrected chi connectivity index (χ0v) is 15.4. The molecule has 0 saturated carbocycles. The topological polar surface area (TPSA) is 55.4 Å². The van der Waals surface area contributed by atoms with Gasteiger partial charge in [0.15, 0.2) is 11.5 Å². The Morgan fingerprint density at radius 3 is 2.60 bits per heavy atom. The van der Waals surface area contributed by atoms with Crippen molar-refractivity contribution >= 4 is 29.0 Å². The third kappa shape index (κ3) is 5.07. The molecule has 4 nitrogen and oxygen atoms in total. The molecule has 0 aliphatic carbocycles. The summed E-state index contributed by atoms with van der Waals surface area (Å²) in [5.74, 6) is 0.162. The largest absolute Gasteiger partial charge is 0.490 e. The number of anilines is 1. The third-order valence-corrected chi connectivity index (χ3v) is 4.10. The van der Waals surface area contributed by atoms with Crippen LogP contribution in [0, 0.1) is 13.8 Å². The number of carbonyl (C=O) groups is 2. The maximum absolute atomic E-state index is 12.4. The first-order chi connectivity index (χ1) is 11.9. The van der Waals surface area contributed by atoms with Crippen molar-refractivity contribution in [3.8, 4) is 5.75 Å². The molecule has 2 aromatic carbocycles. The van der Waals surface area contributed by atoms with Crippen LogP contribution in [0.4, 0.5) is 5.69 Å². The van der Waals surface area contributed by atoms with Crippen LogP contribution in [-0.4, -0.2) is 18.3 Å². The number of Topliss-reactive ketones (excluding diaryl/α,β-unsaturated/α-hetero) is 1. The molecule has 0 atom stereocenters. The Morgan fingerprint density at radius 1 is 1.12 bits per heavy atom. The van der Waals surface area contributed by atoms with E-state index in [0.29, 0.717) is 28.6 Å². The molecule has 1 N–H and O–H groups in total. The minimum atomic E-state index is -0.248. The maximum Gasteiger partial charge on any atom is 0.224 e. The van der Waals surface area contributed by atoms with Crippen molar-refractivity contribution in [1.29, 1.82) is 0 Å². The molecule has 0 radical (unpaired) electrons. The molecular weight excluding hydrogens is 338 g/mol. The van der Waals surface area contributed by atoms with Crippen molar-refractivity contribution in [2.24, 2.45) is 0 Å². The van der Waals surface area contributed by atoms with Crippen LogP contribution in [0.5, 0.6) is 5.75 Å². The van der Waals surface area contributed by atoms with E-state index >= 15 is 0 Å². The van der Waals surface area contributed by atoms with Crippen LogP contribution in [0.2, 0.25) is 5.02 Å². The molecule has 132 valence electrons. The molecule has 0 fully saturated rings. The van der Waals surface area contributed by atoms with Gasteiger partial charge in [0.05, 0.1) is 17.3 Å². The van der Waals surface area contributed by atoms with Crippen molar-refractivity contribution < 1.29 is 14.3 Å². The highest BCUT2D eigenvalue weighted by atomic mass is 35.5. The molecule has 0 aliphatic heterocycles. The number of benzene rings is 2. The second-order valence-corrected chi connectivity index (χ2v) is 6.25. The fraction of sp³-hybridized carbons (Fsp3) is 0.300. The van der Waals surface area contributed by atoms with Crippen molar-refractivity contribution in [3.05, 3.63) is 58.1 Å².